The predicted molar refractivity (Wildman–Crippen MR) is 40.6 cm³/mol. The van der Waals surface area contributed by atoms with Gasteiger partial charge in [-0.05, 0) is 18.2 Å². The Morgan fingerprint density at radius 3 is 2.91 bits per heavy atom. The first kappa shape index (κ1) is 6.22. The van der Waals surface area contributed by atoms with Crippen molar-refractivity contribution in [2.24, 2.45) is 0 Å². The maximum absolute atomic E-state index is 12.8. The van der Waals surface area contributed by atoms with Crippen LogP contribution < -0.4 is 5.73 Å². The van der Waals surface area contributed by atoms with Gasteiger partial charge in [0.1, 0.15) is 11.4 Å². The minimum Gasteiger partial charge on any atom is -0.464 e. The number of hydrogen-bond acceptors (Lipinski definition) is 2. The number of halogens is 1. The van der Waals surface area contributed by atoms with Gasteiger partial charge in [-0.25, -0.2) is 4.39 Å². The van der Waals surface area contributed by atoms with Crippen molar-refractivity contribution >= 4 is 16.7 Å². The van der Waals surface area contributed by atoms with E-state index >= 15 is 0 Å². The van der Waals surface area contributed by atoms with Gasteiger partial charge in [0, 0.05) is 5.39 Å². The summed E-state index contributed by atoms with van der Waals surface area (Å²) in [5.41, 5.74) is 6.19. The lowest BCUT2D eigenvalue weighted by atomic mass is 10.2. The fraction of sp³-hybridized carbons (Fsp3) is 0. The van der Waals surface area contributed by atoms with Crippen LogP contribution in [-0.4, -0.2) is 0 Å². The Hall–Kier alpha value is -1.51. The molecule has 56 valence electrons. The van der Waals surface area contributed by atoms with Crippen molar-refractivity contribution < 1.29 is 8.81 Å². The summed E-state index contributed by atoms with van der Waals surface area (Å²) in [6.45, 7) is 0. The zero-order valence-corrected chi connectivity index (χ0v) is 5.67. The highest BCUT2D eigenvalue weighted by atomic mass is 19.1. The summed E-state index contributed by atoms with van der Waals surface area (Å²) in [6.07, 6.45) is 1.49. The largest absolute Gasteiger partial charge is 0.464 e. The second kappa shape index (κ2) is 1.99. The van der Waals surface area contributed by atoms with Gasteiger partial charge in [-0.2, -0.15) is 0 Å². The van der Waals surface area contributed by atoms with Crippen LogP contribution in [0.15, 0.2) is 28.9 Å². The molecule has 0 saturated carbocycles. The number of nitrogen functional groups attached to an aromatic ring is 1. The van der Waals surface area contributed by atoms with Crippen LogP contribution >= 0.6 is 0 Å². The molecule has 2 aromatic rings. The first-order valence-corrected chi connectivity index (χ1v) is 3.20. The highest BCUT2D eigenvalue weighted by Gasteiger charge is 2.04. The molecule has 1 heterocycles. The van der Waals surface area contributed by atoms with Crippen molar-refractivity contribution in [1.82, 2.24) is 0 Å². The smallest absolute Gasteiger partial charge is 0.146 e. The van der Waals surface area contributed by atoms with E-state index in [0.29, 0.717) is 11.0 Å². The third-order valence-corrected chi connectivity index (χ3v) is 1.62. The Morgan fingerprint density at radius 2 is 2.09 bits per heavy atom. The standard InChI is InChI=1S/C8H6FNO/c9-6-1-2-7-5(8(6)10)3-4-11-7/h1-4H,10H2. The molecule has 11 heavy (non-hydrogen) atoms. The van der Waals surface area contributed by atoms with E-state index in [1.807, 2.05) is 0 Å². The molecule has 0 fully saturated rings. The highest BCUT2D eigenvalue weighted by molar-refractivity contribution is 5.89. The van der Waals surface area contributed by atoms with Gasteiger partial charge in [-0.15, -0.1) is 0 Å². The SMILES string of the molecule is Nc1c(F)ccc2occc12. The lowest BCUT2D eigenvalue weighted by molar-refractivity contribution is 0.611. The molecule has 0 aliphatic heterocycles. The molecule has 2 rings (SSSR count). The second-order valence-corrected chi connectivity index (χ2v) is 2.29. The van der Waals surface area contributed by atoms with Gasteiger partial charge in [0.2, 0.25) is 0 Å². The Bertz CT molecular complexity index is 394. The van der Waals surface area contributed by atoms with Crippen LogP contribution in [0.4, 0.5) is 10.1 Å². The van der Waals surface area contributed by atoms with Crippen molar-refractivity contribution in [3.8, 4) is 0 Å². The van der Waals surface area contributed by atoms with Gasteiger partial charge >= 0.3 is 0 Å². The molecule has 0 atom stereocenters. The van der Waals surface area contributed by atoms with Crippen LogP contribution in [0.2, 0.25) is 0 Å². The maximum atomic E-state index is 12.8. The minimum absolute atomic E-state index is 0.149. The molecule has 0 spiro atoms. The molecule has 2 N–H and O–H groups in total. The summed E-state index contributed by atoms with van der Waals surface area (Å²) < 4.78 is 17.8. The lowest BCUT2D eigenvalue weighted by Crippen LogP contribution is -1.89. The Labute approximate surface area is 62.4 Å². The first-order chi connectivity index (χ1) is 5.29. The number of benzene rings is 1. The molecule has 0 saturated heterocycles. The summed E-state index contributed by atoms with van der Waals surface area (Å²) in [4.78, 5) is 0. The van der Waals surface area contributed by atoms with Crippen LogP contribution in [0.3, 0.4) is 0 Å². The normalized spacial score (nSPS) is 10.6. The predicted octanol–water partition coefficient (Wildman–Crippen LogP) is 2.15. The molecular formula is C8H6FNO. The zero-order valence-electron chi connectivity index (χ0n) is 5.67. The zero-order chi connectivity index (χ0) is 7.84. The van der Waals surface area contributed by atoms with E-state index in [4.69, 9.17) is 10.2 Å². The van der Waals surface area contributed by atoms with Crippen molar-refractivity contribution in [3.05, 3.63) is 30.3 Å². The average molecular weight is 151 g/mol. The summed E-state index contributed by atoms with van der Waals surface area (Å²) in [5.74, 6) is -0.404. The molecule has 1 aromatic heterocycles. The van der Waals surface area contributed by atoms with E-state index in [1.54, 1.807) is 12.1 Å². The molecule has 3 heteroatoms. The average Bonchev–Trinajstić information content (AvgIpc) is 2.45. The maximum Gasteiger partial charge on any atom is 0.146 e. The Balaban J connectivity index is 2.93. The van der Waals surface area contributed by atoms with E-state index in [0.717, 1.165) is 0 Å². The van der Waals surface area contributed by atoms with E-state index in [1.165, 1.54) is 12.3 Å². The molecule has 0 bridgehead atoms. The molecule has 0 aliphatic carbocycles. The van der Waals surface area contributed by atoms with Crippen LogP contribution in [0.5, 0.6) is 0 Å². The molecule has 0 unspecified atom stereocenters. The van der Waals surface area contributed by atoms with Crippen LogP contribution in [0.25, 0.3) is 11.0 Å². The topological polar surface area (TPSA) is 39.2 Å². The second-order valence-electron chi connectivity index (χ2n) is 2.29. The third-order valence-electron chi connectivity index (χ3n) is 1.62. The van der Waals surface area contributed by atoms with E-state index in [9.17, 15) is 4.39 Å². The number of hydrogen-bond donors (Lipinski definition) is 1. The molecule has 1 aromatic carbocycles. The molecule has 0 radical (unpaired) electrons. The van der Waals surface area contributed by atoms with Gasteiger partial charge in [-0.1, -0.05) is 0 Å². The monoisotopic (exact) mass is 151 g/mol. The van der Waals surface area contributed by atoms with E-state index in [2.05, 4.69) is 0 Å². The van der Waals surface area contributed by atoms with Crippen LogP contribution in [0, 0.1) is 5.82 Å². The van der Waals surface area contributed by atoms with Gasteiger partial charge < -0.3 is 10.2 Å². The number of furan rings is 1. The first-order valence-electron chi connectivity index (χ1n) is 3.20. The van der Waals surface area contributed by atoms with Crippen molar-refractivity contribution in [3.63, 3.8) is 0 Å². The fourth-order valence-corrected chi connectivity index (χ4v) is 1.04. The van der Waals surface area contributed by atoms with Crippen molar-refractivity contribution in [1.29, 1.82) is 0 Å². The Morgan fingerprint density at radius 1 is 1.27 bits per heavy atom. The molecule has 0 amide bonds. The van der Waals surface area contributed by atoms with Crippen LogP contribution in [-0.2, 0) is 0 Å². The van der Waals surface area contributed by atoms with Gasteiger partial charge in [0.25, 0.3) is 0 Å². The highest BCUT2D eigenvalue weighted by Crippen LogP contribution is 2.24. The fourth-order valence-electron chi connectivity index (χ4n) is 1.04. The Kier molecular flexibility index (Phi) is 1.12. The summed E-state index contributed by atoms with van der Waals surface area (Å²) >= 11 is 0. The van der Waals surface area contributed by atoms with Crippen molar-refractivity contribution in [2.45, 2.75) is 0 Å². The number of nitrogens with two attached hydrogens (primary N) is 1. The number of fused-ring (bicyclic) bond motifs is 1. The lowest BCUT2D eigenvalue weighted by Gasteiger charge is -1.95. The summed E-state index contributed by atoms with van der Waals surface area (Å²) in [5, 5.41) is 0.630. The number of anilines is 1. The quantitative estimate of drug-likeness (QED) is 0.586. The molecule has 0 aliphatic rings. The van der Waals surface area contributed by atoms with Gasteiger partial charge in [-0.3, -0.25) is 0 Å². The van der Waals surface area contributed by atoms with Crippen molar-refractivity contribution in [2.75, 3.05) is 5.73 Å². The summed E-state index contributed by atoms with van der Waals surface area (Å²) in [6, 6.07) is 4.50. The van der Waals surface area contributed by atoms with Gasteiger partial charge in [0.05, 0.1) is 12.0 Å². The number of rotatable bonds is 0. The molecule has 2 nitrogen and oxygen atoms in total. The minimum atomic E-state index is -0.404. The van der Waals surface area contributed by atoms with E-state index < -0.39 is 5.82 Å². The van der Waals surface area contributed by atoms with Crippen LogP contribution in [0.1, 0.15) is 0 Å². The summed E-state index contributed by atoms with van der Waals surface area (Å²) in [7, 11) is 0. The third kappa shape index (κ3) is 0.774. The molecular weight excluding hydrogens is 145 g/mol. The van der Waals surface area contributed by atoms with Gasteiger partial charge in [0.15, 0.2) is 0 Å². The van der Waals surface area contributed by atoms with E-state index in [-0.39, 0.29) is 5.69 Å².